The molecule has 0 heterocycles. The van der Waals surface area contributed by atoms with Crippen molar-refractivity contribution in [2.75, 3.05) is 0 Å². The van der Waals surface area contributed by atoms with Crippen molar-refractivity contribution in [1.82, 2.24) is 0 Å². The van der Waals surface area contributed by atoms with Gasteiger partial charge in [0.2, 0.25) is 0 Å². The van der Waals surface area contributed by atoms with Gasteiger partial charge in [-0.2, -0.15) is 0 Å². The zero-order valence-corrected chi connectivity index (χ0v) is 40.2. The molecule has 8 aromatic rings. The number of hydrogen-bond donors (Lipinski definition) is 0. The van der Waals surface area contributed by atoms with Gasteiger partial charge in [-0.1, -0.05) is 0 Å². The van der Waals surface area contributed by atoms with Crippen LogP contribution < -0.4 is 0 Å². The second-order valence-electron chi connectivity index (χ2n) is 19.0. The van der Waals surface area contributed by atoms with E-state index < -0.39 is 21.3 Å². The molecule has 0 aromatic heterocycles. The minimum absolute atomic E-state index is 0.0878. The molecule has 0 unspecified atom stereocenters. The van der Waals surface area contributed by atoms with E-state index in [-0.39, 0.29) is 18.1 Å². The summed E-state index contributed by atoms with van der Waals surface area (Å²) in [6.45, 7) is 14.2. The summed E-state index contributed by atoms with van der Waals surface area (Å²) in [6.07, 6.45) is 9.59. The van der Waals surface area contributed by atoms with E-state index in [0.717, 1.165) is 20.8 Å². The molecule has 8 aromatic carbocycles. The second-order valence-corrected chi connectivity index (χ2v) is 26.4. The van der Waals surface area contributed by atoms with Crippen molar-refractivity contribution in [3.05, 3.63) is 225 Å². The molecule has 0 saturated carbocycles. The normalized spacial score (nSPS) is 13.9. The number of hydrogen-bond acceptors (Lipinski definition) is 0. The third kappa shape index (κ3) is 7.16. The van der Waals surface area contributed by atoms with Gasteiger partial charge in [-0.3, -0.25) is 0 Å². The van der Waals surface area contributed by atoms with Crippen molar-refractivity contribution >= 4 is 48.0 Å². The number of halogens is 2. The van der Waals surface area contributed by atoms with Gasteiger partial charge in [-0.25, -0.2) is 0 Å². The van der Waals surface area contributed by atoms with Gasteiger partial charge >= 0.3 is 388 Å². The van der Waals surface area contributed by atoms with E-state index in [1.54, 1.807) is 0 Å². The van der Waals surface area contributed by atoms with Crippen LogP contribution in [0.15, 0.2) is 182 Å². The molecule has 2 aliphatic rings. The summed E-state index contributed by atoms with van der Waals surface area (Å²) in [7, 11) is 0. The predicted molar refractivity (Wildman–Crippen MR) is 265 cm³/mol. The third-order valence-electron chi connectivity index (χ3n) is 13.1. The Morgan fingerprint density at radius 1 is 0.435 bits per heavy atom. The molecule has 0 aliphatic heterocycles. The Bertz CT molecular complexity index is 2950. The van der Waals surface area contributed by atoms with Gasteiger partial charge in [0, 0.05) is 0 Å². The van der Waals surface area contributed by atoms with Crippen LogP contribution in [0, 0.1) is 0 Å². The first-order valence-electron chi connectivity index (χ1n) is 21.8. The van der Waals surface area contributed by atoms with Gasteiger partial charge in [-0.15, -0.1) is 0 Å². The van der Waals surface area contributed by atoms with Crippen molar-refractivity contribution in [2.45, 2.75) is 59.6 Å². The number of fused-ring (bicyclic) bond motifs is 5. The van der Waals surface area contributed by atoms with Crippen LogP contribution in [0.2, 0.25) is 13.7 Å². The van der Waals surface area contributed by atoms with E-state index in [1.165, 1.54) is 80.7 Å². The molecule has 10 rings (SSSR count). The Hall–Kier alpha value is -4.91. The van der Waals surface area contributed by atoms with Crippen LogP contribution in [0.25, 0.3) is 54.9 Å². The van der Waals surface area contributed by atoms with Gasteiger partial charge in [0.1, 0.15) is 0 Å². The molecule has 0 amide bonds. The van der Waals surface area contributed by atoms with Crippen molar-refractivity contribution in [1.29, 1.82) is 0 Å². The summed E-state index contributed by atoms with van der Waals surface area (Å²) in [6, 6.07) is 58.9. The van der Waals surface area contributed by atoms with Crippen LogP contribution in [0.4, 0.5) is 0 Å². The standard InChI is InChI=1S/C33H33.C21H12Cl2.C5H5.Zr/c1-32(2,3)30-20-26-24(18-28(30)22-13-9-7-10-14-22)17-25-19-29(23-15-11-8-12-16-23)31(21-27(25)26)33(4,5)6;22-20-11-3-7-16-14(5-1-9-18(16)20)13-15-6-2-10-19-17(15)8-4-12-21(19)23;1-2-4-5-3-1;/h7-21H,1-6H3;1-12H;1-5H;. The van der Waals surface area contributed by atoms with E-state index in [0.29, 0.717) is 0 Å². The van der Waals surface area contributed by atoms with Crippen molar-refractivity contribution < 1.29 is 21.3 Å². The topological polar surface area (TPSA) is 0 Å². The molecule has 3 heteroatoms. The fraction of sp³-hybridized carbons (Fsp3) is 0.169. The average molecular weight is 921 g/mol. The number of allylic oxidation sites excluding steroid dienone is 4. The number of benzene rings is 8. The molecule has 0 saturated heterocycles. The van der Waals surface area contributed by atoms with Gasteiger partial charge in [0.15, 0.2) is 0 Å². The fourth-order valence-electron chi connectivity index (χ4n) is 10.2. The molecular weight excluding hydrogens is 871 g/mol. The molecule has 2 aliphatic carbocycles. The molecule has 0 bridgehead atoms. The molecule has 0 nitrogen and oxygen atoms in total. The van der Waals surface area contributed by atoms with Crippen LogP contribution in [-0.2, 0) is 32.1 Å². The predicted octanol–water partition coefficient (Wildman–Crippen LogP) is 17.1. The Morgan fingerprint density at radius 2 is 0.839 bits per heavy atom. The zero-order valence-electron chi connectivity index (χ0n) is 36.2. The summed E-state index contributed by atoms with van der Waals surface area (Å²) >= 11 is 10.9. The maximum absolute atomic E-state index is 7.08. The van der Waals surface area contributed by atoms with Gasteiger partial charge in [0.25, 0.3) is 0 Å². The molecule has 0 fully saturated rings. The molecule has 0 N–H and O–H groups in total. The Balaban J connectivity index is 1.43. The second kappa shape index (κ2) is 16.0. The van der Waals surface area contributed by atoms with Gasteiger partial charge < -0.3 is 0 Å². The monoisotopic (exact) mass is 918 g/mol. The first kappa shape index (κ1) is 41.1. The van der Waals surface area contributed by atoms with Crippen LogP contribution in [0.3, 0.4) is 0 Å². The van der Waals surface area contributed by atoms with Gasteiger partial charge in [-0.05, 0) is 0 Å². The van der Waals surface area contributed by atoms with E-state index in [9.17, 15) is 0 Å². The quantitative estimate of drug-likeness (QED) is 0.156. The maximum atomic E-state index is 7.08. The molecule has 0 radical (unpaired) electrons. The summed E-state index contributed by atoms with van der Waals surface area (Å²) in [4.78, 5) is 0. The first-order chi connectivity index (χ1) is 29.9. The fourth-order valence-corrected chi connectivity index (χ4v) is 20.1. The molecule has 0 atom stereocenters. The van der Waals surface area contributed by atoms with Crippen LogP contribution in [0.5, 0.6) is 0 Å². The summed E-state index contributed by atoms with van der Waals surface area (Å²) in [5.74, 6) is 0. The molecule has 304 valence electrons. The van der Waals surface area contributed by atoms with Crippen LogP contribution in [0.1, 0.15) is 78.5 Å². The SMILES string of the molecule is CC(C)(C)c1cc2c(cc1-c1ccccc1)[CH]([Zr](=[C](c1cccc3c(Cl)cccc13)c1cccc3c(Cl)cccc13)[CH]1C=CC=C1)c1cc(-c3ccccc3)c(C(C)(C)C)cc1-2. The first-order valence-corrected chi connectivity index (χ1v) is 26.6. The Labute approximate surface area is 384 Å². The van der Waals surface area contributed by atoms with Crippen molar-refractivity contribution in [3.8, 4) is 33.4 Å². The summed E-state index contributed by atoms with van der Waals surface area (Å²) < 4.78 is 1.94. The van der Waals surface area contributed by atoms with Gasteiger partial charge in [0.05, 0.1) is 0 Å². The Morgan fingerprint density at radius 3 is 1.26 bits per heavy atom. The third-order valence-corrected chi connectivity index (χ3v) is 22.2. The minimum atomic E-state index is -3.26. The van der Waals surface area contributed by atoms with Crippen LogP contribution in [-0.4, -0.2) is 3.21 Å². The van der Waals surface area contributed by atoms with E-state index >= 15 is 0 Å². The van der Waals surface area contributed by atoms with E-state index in [1.807, 2.05) is 12.1 Å². The summed E-state index contributed by atoms with van der Waals surface area (Å²) in [5, 5.41) is 6.10. The molecule has 0 spiro atoms. The van der Waals surface area contributed by atoms with E-state index in [4.69, 9.17) is 23.2 Å². The summed E-state index contributed by atoms with van der Waals surface area (Å²) in [5.41, 5.74) is 16.0. The average Bonchev–Trinajstić information content (AvgIpc) is 3.91. The molecular formula is C59H50Cl2Zr. The van der Waals surface area contributed by atoms with Crippen molar-refractivity contribution in [3.63, 3.8) is 0 Å². The van der Waals surface area contributed by atoms with E-state index in [2.05, 4.69) is 211 Å². The van der Waals surface area contributed by atoms with Crippen molar-refractivity contribution in [2.24, 2.45) is 0 Å². The van der Waals surface area contributed by atoms with Crippen LogP contribution >= 0.6 is 23.2 Å². The molecule has 62 heavy (non-hydrogen) atoms. The Kier molecular flexibility index (Phi) is 10.6. The zero-order chi connectivity index (χ0) is 42.9. The number of rotatable bonds is 6.